The maximum atomic E-state index is 13.3. The summed E-state index contributed by atoms with van der Waals surface area (Å²) in [6, 6.07) is 6.43. The molecular weight excluding hydrogens is 340 g/mol. The molecule has 0 aliphatic heterocycles. The van der Waals surface area contributed by atoms with Crippen molar-refractivity contribution in [1.82, 2.24) is 0 Å². The van der Waals surface area contributed by atoms with Gasteiger partial charge in [0.05, 0.1) is 11.3 Å². The lowest BCUT2D eigenvalue weighted by Crippen LogP contribution is -2.18. The monoisotopic (exact) mass is 354 g/mol. The average Bonchev–Trinajstić information content (AvgIpc) is 2.49. The van der Waals surface area contributed by atoms with Crippen LogP contribution in [0.2, 0.25) is 0 Å². The molecule has 2 rings (SSSR count). The van der Waals surface area contributed by atoms with Crippen molar-refractivity contribution in [3.63, 3.8) is 0 Å². The van der Waals surface area contributed by atoms with Gasteiger partial charge in [-0.2, -0.15) is 13.2 Å². The van der Waals surface area contributed by atoms with Crippen LogP contribution in [0.15, 0.2) is 36.4 Å². The SMILES string of the molecule is CC(=O)Nc1ccc(NC(=O)c2cc(F)ccc2C)c(C(F)(F)F)c1. The third kappa shape index (κ3) is 4.56. The van der Waals surface area contributed by atoms with Gasteiger partial charge in [0.1, 0.15) is 5.82 Å². The highest BCUT2D eigenvalue weighted by Gasteiger charge is 2.34. The minimum Gasteiger partial charge on any atom is -0.326 e. The van der Waals surface area contributed by atoms with E-state index >= 15 is 0 Å². The molecule has 0 aliphatic carbocycles. The molecule has 25 heavy (non-hydrogen) atoms. The fourth-order valence-corrected chi connectivity index (χ4v) is 2.20. The summed E-state index contributed by atoms with van der Waals surface area (Å²) in [7, 11) is 0. The van der Waals surface area contributed by atoms with Crippen molar-refractivity contribution >= 4 is 23.2 Å². The van der Waals surface area contributed by atoms with Gasteiger partial charge in [0, 0.05) is 18.2 Å². The first-order chi connectivity index (χ1) is 11.6. The Morgan fingerprint density at radius 3 is 2.28 bits per heavy atom. The molecule has 0 unspecified atom stereocenters. The fourth-order valence-electron chi connectivity index (χ4n) is 2.20. The second-order valence-corrected chi connectivity index (χ2v) is 5.35. The molecular formula is C17H14F4N2O2. The number of anilines is 2. The molecule has 0 saturated carbocycles. The Hall–Kier alpha value is -2.90. The van der Waals surface area contributed by atoms with Crippen LogP contribution in [-0.4, -0.2) is 11.8 Å². The molecule has 2 amide bonds. The number of aryl methyl sites for hydroxylation is 1. The largest absolute Gasteiger partial charge is 0.418 e. The van der Waals surface area contributed by atoms with E-state index in [1.165, 1.54) is 12.1 Å². The van der Waals surface area contributed by atoms with E-state index in [0.29, 0.717) is 5.56 Å². The number of rotatable bonds is 3. The summed E-state index contributed by atoms with van der Waals surface area (Å²) in [6.07, 6.45) is -4.76. The first-order valence-electron chi connectivity index (χ1n) is 7.14. The number of alkyl halides is 3. The van der Waals surface area contributed by atoms with Gasteiger partial charge in [-0.1, -0.05) is 6.07 Å². The first kappa shape index (κ1) is 18.4. The van der Waals surface area contributed by atoms with Gasteiger partial charge >= 0.3 is 6.18 Å². The van der Waals surface area contributed by atoms with Crippen molar-refractivity contribution in [3.8, 4) is 0 Å². The maximum absolute atomic E-state index is 13.3. The van der Waals surface area contributed by atoms with Crippen LogP contribution in [0, 0.1) is 12.7 Å². The predicted molar refractivity (Wildman–Crippen MR) is 84.8 cm³/mol. The molecule has 0 bridgehead atoms. The van der Waals surface area contributed by atoms with Crippen molar-refractivity contribution in [3.05, 3.63) is 58.9 Å². The lowest BCUT2D eigenvalue weighted by Gasteiger charge is -2.16. The van der Waals surface area contributed by atoms with Crippen LogP contribution < -0.4 is 10.6 Å². The molecule has 2 aromatic rings. The predicted octanol–water partition coefficient (Wildman–Crippen LogP) is 4.36. The highest BCUT2D eigenvalue weighted by Crippen LogP contribution is 2.37. The quantitative estimate of drug-likeness (QED) is 0.805. The normalized spacial score (nSPS) is 11.1. The summed E-state index contributed by atoms with van der Waals surface area (Å²) in [4.78, 5) is 23.2. The Bertz CT molecular complexity index is 832. The van der Waals surface area contributed by atoms with E-state index in [9.17, 15) is 27.2 Å². The number of carbonyl (C=O) groups excluding carboxylic acids is 2. The van der Waals surface area contributed by atoms with Gasteiger partial charge in [-0.3, -0.25) is 9.59 Å². The molecule has 0 heterocycles. The lowest BCUT2D eigenvalue weighted by atomic mass is 10.1. The van der Waals surface area contributed by atoms with Crippen molar-refractivity contribution in [2.75, 3.05) is 10.6 Å². The topological polar surface area (TPSA) is 58.2 Å². The Kier molecular flexibility index (Phi) is 5.10. The van der Waals surface area contributed by atoms with Crippen LogP contribution in [0.5, 0.6) is 0 Å². The molecule has 2 aromatic carbocycles. The van der Waals surface area contributed by atoms with Crippen molar-refractivity contribution in [2.24, 2.45) is 0 Å². The zero-order valence-corrected chi connectivity index (χ0v) is 13.3. The minimum atomic E-state index is -4.76. The molecule has 0 aromatic heterocycles. The van der Waals surface area contributed by atoms with Gasteiger partial charge in [0.2, 0.25) is 5.91 Å². The van der Waals surface area contributed by atoms with Gasteiger partial charge in [0.25, 0.3) is 5.91 Å². The average molecular weight is 354 g/mol. The molecule has 0 radical (unpaired) electrons. The summed E-state index contributed by atoms with van der Waals surface area (Å²) in [5.41, 5.74) is -1.32. The van der Waals surface area contributed by atoms with Crippen LogP contribution >= 0.6 is 0 Å². The molecule has 132 valence electrons. The maximum Gasteiger partial charge on any atom is 0.418 e. The standard InChI is InChI=1S/C17H14F4N2O2/c1-9-3-4-11(18)7-13(9)16(25)23-15-6-5-12(22-10(2)24)8-14(15)17(19,20)21/h3-8H,1-2H3,(H,22,24)(H,23,25). The second-order valence-electron chi connectivity index (χ2n) is 5.35. The zero-order chi connectivity index (χ0) is 18.8. The van der Waals surface area contributed by atoms with E-state index in [2.05, 4.69) is 10.6 Å². The summed E-state index contributed by atoms with van der Waals surface area (Å²) in [6.45, 7) is 2.70. The number of amides is 2. The lowest BCUT2D eigenvalue weighted by molar-refractivity contribution is -0.137. The molecule has 2 N–H and O–H groups in total. The van der Waals surface area contributed by atoms with Gasteiger partial charge in [-0.05, 0) is 42.8 Å². The minimum absolute atomic E-state index is 0.0558. The Morgan fingerprint density at radius 1 is 1.00 bits per heavy atom. The Morgan fingerprint density at radius 2 is 1.68 bits per heavy atom. The molecule has 0 spiro atoms. The summed E-state index contributed by atoms with van der Waals surface area (Å²) < 4.78 is 53.0. The highest BCUT2D eigenvalue weighted by molar-refractivity contribution is 6.05. The van der Waals surface area contributed by atoms with Crippen LogP contribution in [0.25, 0.3) is 0 Å². The summed E-state index contributed by atoms with van der Waals surface area (Å²) >= 11 is 0. The number of benzene rings is 2. The number of halogens is 4. The Labute approximate surface area is 140 Å². The number of nitrogens with one attached hydrogen (secondary N) is 2. The first-order valence-corrected chi connectivity index (χ1v) is 7.14. The third-order valence-corrected chi connectivity index (χ3v) is 3.34. The van der Waals surface area contributed by atoms with Gasteiger partial charge in [-0.25, -0.2) is 4.39 Å². The Balaban J connectivity index is 2.39. The van der Waals surface area contributed by atoms with E-state index in [1.807, 2.05) is 0 Å². The second kappa shape index (κ2) is 6.92. The van der Waals surface area contributed by atoms with Crippen LogP contribution in [0.3, 0.4) is 0 Å². The molecule has 8 heteroatoms. The molecule has 0 saturated heterocycles. The van der Waals surface area contributed by atoms with Gasteiger partial charge in [0.15, 0.2) is 0 Å². The van der Waals surface area contributed by atoms with E-state index in [1.54, 1.807) is 6.92 Å². The van der Waals surface area contributed by atoms with E-state index in [0.717, 1.165) is 31.2 Å². The van der Waals surface area contributed by atoms with Crippen molar-refractivity contribution < 1.29 is 27.2 Å². The van der Waals surface area contributed by atoms with E-state index < -0.39 is 35.1 Å². The smallest absolute Gasteiger partial charge is 0.326 e. The summed E-state index contributed by atoms with van der Waals surface area (Å²) in [5, 5.41) is 4.39. The molecule has 0 atom stereocenters. The summed E-state index contributed by atoms with van der Waals surface area (Å²) in [5.74, 6) is -2.07. The number of hydrogen-bond acceptors (Lipinski definition) is 2. The van der Waals surface area contributed by atoms with E-state index in [4.69, 9.17) is 0 Å². The van der Waals surface area contributed by atoms with E-state index in [-0.39, 0.29) is 11.3 Å². The molecule has 0 aliphatic rings. The number of carbonyl (C=O) groups is 2. The molecule has 0 fully saturated rings. The van der Waals surface area contributed by atoms with Crippen molar-refractivity contribution in [2.45, 2.75) is 20.0 Å². The van der Waals surface area contributed by atoms with Crippen LogP contribution in [0.4, 0.5) is 28.9 Å². The highest BCUT2D eigenvalue weighted by atomic mass is 19.4. The third-order valence-electron chi connectivity index (χ3n) is 3.34. The van der Waals surface area contributed by atoms with Crippen LogP contribution in [0.1, 0.15) is 28.4 Å². The molecule has 4 nitrogen and oxygen atoms in total. The fraction of sp³-hybridized carbons (Fsp3) is 0.176. The number of hydrogen-bond donors (Lipinski definition) is 2. The van der Waals surface area contributed by atoms with Gasteiger partial charge in [-0.15, -0.1) is 0 Å². The van der Waals surface area contributed by atoms with Gasteiger partial charge < -0.3 is 10.6 Å². The zero-order valence-electron chi connectivity index (χ0n) is 13.3. The van der Waals surface area contributed by atoms with Crippen molar-refractivity contribution in [1.29, 1.82) is 0 Å². The van der Waals surface area contributed by atoms with Crippen LogP contribution in [-0.2, 0) is 11.0 Å².